The molecule has 1 aliphatic rings. The number of ether oxygens (including phenoxy) is 1. The van der Waals surface area contributed by atoms with Gasteiger partial charge in [-0.25, -0.2) is 0 Å². The van der Waals surface area contributed by atoms with E-state index in [-0.39, 0.29) is 24.8 Å². The van der Waals surface area contributed by atoms with Gasteiger partial charge in [0.25, 0.3) is 0 Å². The number of amides is 2. The quantitative estimate of drug-likeness (QED) is 0.574. The number of benzene rings is 1. The number of thioether (sulfide) groups is 1. The molecular weight excluding hydrogens is 328 g/mol. The van der Waals surface area contributed by atoms with E-state index in [0.29, 0.717) is 11.6 Å². The van der Waals surface area contributed by atoms with Gasteiger partial charge in [-0.3, -0.25) is 14.4 Å². The first kappa shape index (κ1) is 18.1. The largest absolute Gasteiger partial charge is 0.466 e. The van der Waals surface area contributed by atoms with Gasteiger partial charge in [-0.05, 0) is 18.9 Å². The van der Waals surface area contributed by atoms with Crippen molar-refractivity contribution >= 4 is 29.5 Å². The molecule has 7 heteroatoms. The summed E-state index contributed by atoms with van der Waals surface area (Å²) in [5.41, 5.74) is 1.14. The smallest absolute Gasteiger partial charge is 0.307 e. The van der Waals surface area contributed by atoms with Gasteiger partial charge in [0.1, 0.15) is 5.25 Å². The number of esters is 1. The van der Waals surface area contributed by atoms with E-state index in [2.05, 4.69) is 10.6 Å². The van der Waals surface area contributed by atoms with E-state index in [4.69, 9.17) is 4.74 Å². The fraction of sp³-hybridized carbons (Fsp3) is 0.353. The van der Waals surface area contributed by atoms with Gasteiger partial charge in [0.15, 0.2) is 0 Å². The van der Waals surface area contributed by atoms with Crippen LogP contribution in [0.4, 0.5) is 0 Å². The third-order valence-electron chi connectivity index (χ3n) is 3.28. The normalized spacial score (nSPS) is 18.3. The van der Waals surface area contributed by atoms with Crippen LogP contribution in [0.5, 0.6) is 0 Å². The maximum atomic E-state index is 11.9. The van der Waals surface area contributed by atoms with E-state index >= 15 is 0 Å². The van der Waals surface area contributed by atoms with E-state index in [1.54, 1.807) is 6.92 Å². The Kier molecular flexibility index (Phi) is 6.87. The third-order valence-corrected chi connectivity index (χ3v) is 4.42. The molecule has 1 saturated heterocycles. The van der Waals surface area contributed by atoms with E-state index < -0.39 is 11.2 Å². The Morgan fingerprint density at radius 1 is 1.33 bits per heavy atom. The van der Waals surface area contributed by atoms with Crippen LogP contribution in [0.1, 0.15) is 18.9 Å². The zero-order chi connectivity index (χ0) is 17.4. The summed E-state index contributed by atoms with van der Waals surface area (Å²) in [6.07, 6.45) is 2.08. The lowest BCUT2D eigenvalue weighted by atomic mass is 10.1. The van der Waals surface area contributed by atoms with Crippen LogP contribution in [-0.2, 0) is 25.5 Å². The van der Waals surface area contributed by atoms with Crippen molar-refractivity contribution in [1.82, 2.24) is 10.6 Å². The standard InChI is InChI=1S/C17H20N2O4S/c1-2-23-16(21)10-13-17(22)19-15(24-13)11-14(20)18-9-8-12-6-4-3-5-7-12/h3-7,11,13H,2,8-10H2,1H3,(H,18,20)(H,19,22). The van der Waals surface area contributed by atoms with Gasteiger partial charge >= 0.3 is 5.97 Å². The molecule has 0 aromatic heterocycles. The van der Waals surface area contributed by atoms with Crippen LogP contribution in [0.3, 0.4) is 0 Å². The number of rotatable bonds is 7. The molecule has 1 unspecified atom stereocenters. The molecule has 2 N–H and O–H groups in total. The van der Waals surface area contributed by atoms with Crippen molar-refractivity contribution in [3.05, 3.63) is 47.0 Å². The Morgan fingerprint density at radius 2 is 2.08 bits per heavy atom. The van der Waals surface area contributed by atoms with Gasteiger partial charge in [0.05, 0.1) is 18.1 Å². The van der Waals surface area contributed by atoms with Gasteiger partial charge in [0, 0.05) is 12.6 Å². The molecule has 0 radical (unpaired) electrons. The first-order valence-electron chi connectivity index (χ1n) is 7.75. The molecule has 1 heterocycles. The summed E-state index contributed by atoms with van der Waals surface area (Å²) in [6, 6.07) is 9.84. The topological polar surface area (TPSA) is 84.5 Å². The number of hydrogen-bond acceptors (Lipinski definition) is 5. The second-order valence-corrected chi connectivity index (χ2v) is 6.38. The average molecular weight is 348 g/mol. The van der Waals surface area contributed by atoms with Crippen LogP contribution in [0.15, 0.2) is 41.4 Å². The lowest BCUT2D eigenvalue weighted by molar-refractivity contribution is -0.144. The lowest BCUT2D eigenvalue weighted by Gasteiger charge is -2.04. The molecule has 0 saturated carbocycles. The fourth-order valence-corrected chi connectivity index (χ4v) is 3.19. The summed E-state index contributed by atoms with van der Waals surface area (Å²) in [4.78, 5) is 35.1. The van der Waals surface area contributed by atoms with Gasteiger partial charge < -0.3 is 15.4 Å². The van der Waals surface area contributed by atoms with E-state index in [0.717, 1.165) is 12.0 Å². The Balaban J connectivity index is 1.77. The summed E-state index contributed by atoms with van der Waals surface area (Å²) < 4.78 is 4.83. The summed E-state index contributed by atoms with van der Waals surface area (Å²) >= 11 is 1.17. The highest BCUT2D eigenvalue weighted by Gasteiger charge is 2.31. The Hall–Kier alpha value is -2.28. The molecule has 1 aromatic rings. The van der Waals surface area contributed by atoms with E-state index in [9.17, 15) is 14.4 Å². The van der Waals surface area contributed by atoms with Crippen LogP contribution in [0.2, 0.25) is 0 Å². The predicted octanol–water partition coefficient (Wildman–Crippen LogP) is 1.37. The molecule has 1 fully saturated rings. The first-order valence-corrected chi connectivity index (χ1v) is 8.63. The van der Waals surface area contributed by atoms with Crippen LogP contribution >= 0.6 is 11.8 Å². The molecule has 0 aliphatic carbocycles. The molecule has 24 heavy (non-hydrogen) atoms. The summed E-state index contributed by atoms with van der Waals surface area (Å²) in [6.45, 7) is 2.51. The van der Waals surface area contributed by atoms with Gasteiger partial charge in [-0.1, -0.05) is 42.1 Å². The minimum Gasteiger partial charge on any atom is -0.466 e. The first-order chi connectivity index (χ1) is 11.6. The molecule has 0 bridgehead atoms. The maximum absolute atomic E-state index is 11.9. The van der Waals surface area contributed by atoms with Crippen molar-refractivity contribution in [2.75, 3.05) is 13.2 Å². The summed E-state index contributed by atoms with van der Waals surface area (Å²) in [7, 11) is 0. The second-order valence-electron chi connectivity index (χ2n) is 5.14. The van der Waals surface area contributed by atoms with Gasteiger partial charge in [0.2, 0.25) is 11.8 Å². The van der Waals surface area contributed by atoms with Crippen molar-refractivity contribution in [2.24, 2.45) is 0 Å². The molecule has 6 nitrogen and oxygen atoms in total. The summed E-state index contributed by atoms with van der Waals surface area (Å²) in [5.74, 6) is -0.972. The molecule has 0 spiro atoms. The van der Waals surface area contributed by atoms with Crippen molar-refractivity contribution in [1.29, 1.82) is 0 Å². The highest BCUT2D eigenvalue weighted by molar-refractivity contribution is 8.04. The van der Waals surface area contributed by atoms with Crippen molar-refractivity contribution in [3.8, 4) is 0 Å². The molecular formula is C17H20N2O4S. The highest BCUT2D eigenvalue weighted by atomic mass is 32.2. The van der Waals surface area contributed by atoms with E-state index in [1.165, 1.54) is 17.8 Å². The molecule has 2 amide bonds. The predicted molar refractivity (Wildman–Crippen MR) is 92.0 cm³/mol. The van der Waals surface area contributed by atoms with Crippen LogP contribution < -0.4 is 10.6 Å². The number of carbonyl (C=O) groups is 3. The van der Waals surface area contributed by atoms with Crippen LogP contribution in [0.25, 0.3) is 0 Å². The fourth-order valence-electron chi connectivity index (χ4n) is 2.16. The van der Waals surface area contributed by atoms with Crippen molar-refractivity contribution in [3.63, 3.8) is 0 Å². The Morgan fingerprint density at radius 3 is 2.79 bits per heavy atom. The Labute approximate surface area is 145 Å². The monoisotopic (exact) mass is 348 g/mol. The van der Waals surface area contributed by atoms with Crippen LogP contribution in [-0.4, -0.2) is 36.2 Å². The maximum Gasteiger partial charge on any atom is 0.307 e. The zero-order valence-corrected chi connectivity index (χ0v) is 14.2. The molecule has 1 aromatic carbocycles. The minimum absolute atomic E-state index is 0.00267. The Bertz CT molecular complexity index is 631. The average Bonchev–Trinajstić information content (AvgIpc) is 2.88. The van der Waals surface area contributed by atoms with Crippen LogP contribution in [0, 0.1) is 0 Å². The van der Waals surface area contributed by atoms with Gasteiger partial charge in [-0.2, -0.15) is 0 Å². The zero-order valence-electron chi connectivity index (χ0n) is 13.4. The number of carbonyl (C=O) groups excluding carboxylic acids is 3. The summed E-state index contributed by atoms with van der Waals surface area (Å²) in [5, 5.41) is 5.29. The molecule has 1 aliphatic heterocycles. The molecule has 2 rings (SSSR count). The lowest BCUT2D eigenvalue weighted by Crippen LogP contribution is -2.26. The van der Waals surface area contributed by atoms with Gasteiger partial charge in [-0.15, -0.1) is 0 Å². The number of hydrogen-bond donors (Lipinski definition) is 2. The second kappa shape index (κ2) is 9.12. The third kappa shape index (κ3) is 5.73. The molecule has 128 valence electrons. The SMILES string of the molecule is CCOC(=O)CC1SC(=CC(=O)NCCc2ccccc2)NC1=O. The van der Waals surface area contributed by atoms with Crippen molar-refractivity contribution in [2.45, 2.75) is 25.0 Å². The minimum atomic E-state index is -0.549. The highest BCUT2D eigenvalue weighted by Crippen LogP contribution is 2.29. The molecule has 1 atom stereocenters. The van der Waals surface area contributed by atoms with E-state index in [1.807, 2.05) is 30.3 Å². The number of nitrogens with one attached hydrogen (secondary N) is 2. The van der Waals surface area contributed by atoms with Crippen molar-refractivity contribution < 1.29 is 19.1 Å².